The van der Waals surface area contributed by atoms with E-state index >= 15 is 0 Å². The highest BCUT2D eigenvalue weighted by Gasteiger charge is 2.46. The number of rotatable bonds is 7. The summed E-state index contributed by atoms with van der Waals surface area (Å²) in [5.74, 6) is -0.441. The van der Waals surface area contributed by atoms with Gasteiger partial charge < -0.3 is 20.5 Å². The fourth-order valence-corrected chi connectivity index (χ4v) is 4.33. The van der Waals surface area contributed by atoms with Crippen LogP contribution in [0.1, 0.15) is 32.3 Å². The Morgan fingerprint density at radius 2 is 1.48 bits per heavy atom. The number of carbonyl (C=O) groups excluding carboxylic acids is 1. The normalized spacial score (nSPS) is 18.3. The minimum atomic E-state index is -0.787. The zero-order chi connectivity index (χ0) is 23.4. The summed E-state index contributed by atoms with van der Waals surface area (Å²) in [5, 5.41) is 11.3. The van der Waals surface area contributed by atoms with Crippen molar-refractivity contribution in [2.75, 3.05) is 10.6 Å². The lowest BCUT2D eigenvalue weighted by Crippen LogP contribution is -2.47. The molecule has 0 spiro atoms. The summed E-state index contributed by atoms with van der Waals surface area (Å²) in [6.07, 6.45) is 1.58. The first-order chi connectivity index (χ1) is 15.9. The largest absolute Gasteiger partial charge is 0.510 e. The highest BCUT2D eigenvalue weighted by atomic mass is 16.6. The Bertz CT molecular complexity index is 1090. The molecule has 0 aromatic heterocycles. The van der Waals surface area contributed by atoms with Gasteiger partial charge in [-0.15, -0.1) is 0 Å². The molecule has 0 amide bonds. The lowest BCUT2D eigenvalue weighted by atomic mass is 9.79. The Morgan fingerprint density at radius 3 is 1.97 bits per heavy atom. The number of aliphatic hydroxyl groups is 1. The van der Waals surface area contributed by atoms with Crippen molar-refractivity contribution in [3.05, 3.63) is 102 Å². The topological polar surface area (TPSA) is 75.8 Å². The molecule has 0 aliphatic carbocycles. The van der Waals surface area contributed by atoms with E-state index in [1.807, 2.05) is 98.8 Å². The van der Waals surface area contributed by atoms with Gasteiger partial charge in [0.05, 0.1) is 0 Å². The number of aryl methyl sites for hydroxylation is 1. The summed E-state index contributed by atoms with van der Waals surface area (Å²) in [4.78, 5) is 15.2. The maximum Gasteiger partial charge on any atom is 0.359 e. The van der Waals surface area contributed by atoms with Crippen LogP contribution in [-0.4, -0.2) is 16.7 Å². The molecule has 1 unspecified atom stereocenters. The molecule has 0 fully saturated rings. The van der Waals surface area contributed by atoms with Gasteiger partial charge in [-0.25, -0.2) is 4.79 Å². The van der Waals surface area contributed by atoms with Gasteiger partial charge in [0.15, 0.2) is 5.70 Å². The average molecular weight is 443 g/mol. The molecule has 1 atom stereocenters. The van der Waals surface area contributed by atoms with E-state index in [9.17, 15) is 9.90 Å². The summed E-state index contributed by atoms with van der Waals surface area (Å²) in [6, 6.07) is 26.8. The molecule has 3 aromatic rings. The lowest BCUT2D eigenvalue weighted by molar-refractivity contribution is -0.165. The minimum Gasteiger partial charge on any atom is -0.510 e. The van der Waals surface area contributed by atoms with Crippen LogP contribution in [0.4, 0.5) is 17.1 Å². The Kier molecular flexibility index (Phi) is 6.40. The summed E-state index contributed by atoms with van der Waals surface area (Å²) >= 11 is 0. The average Bonchev–Trinajstić information content (AvgIpc) is 2.82. The van der Waals surface area contributed by atoms with Crippen LogP contribution in [0.3, 0.4) is 0 Å². The Hall–Kier alpha value is -3.73. The van der Waals surface area contributed by atoms with Crippen LogP contribution in [0.5, 0.6) is 0 Å². The van der Waals surface area contributed by atoms with Crippen LogP contribution in [0.25, 0.3) is 0 Å². The van der Waals surface area contributed by atoms with Crippen molar-refractivity contribution in [3.63, 3.8) is 0 Å². The van der Waals surface area contributed by atoms with E-state index in [4.69, 9.17) is 10.5 Å². The fraction of sp³-hybridized carbons (Fsp3) is 0.250. The summed E-state index contributed by atoms with van der Waals surface area (Å²) < 4.78 is 6.16. The molecule has 33 heavy (non-hydrogen) atoms. The van der Waals surface area contributed by atoms with Gasteiger partial charge in [-0.1, -0.05) is 62.4 Å². The molecule has 4 rings (SSSR count). The number of hydrogen-bond donors (Lipinski definition) is 2. The molecule has 1 heterocycles. The SMILES string of the molecule is CC(C)C1(CCc2ccc(N)cc2)CC(O)=C(N(c2ccccc2)c2ccccc2)C(=O)O1. The van der Waals surface area contributed by atoms with E-state index in [2.05, 4.69) is 0 Å². The highest BCUT2D eigenvalue weighted by molar-refractivity contribution is 5.97. The molecule has 1 aliphatic rings. The monoisotopic (exact) mass is 442 g/mol. The molecule has 1 aliphatic heterocycles. The molecular weight excluding hydrogens is 412 g/mol. The number of ether oxygens (including phenoxy) is 1. The summed E-state index contributed by atoms with van der Waals surface area (Å²) in [6.45, 7) is 4.06. The second-order valence-electron chi connectivity index (χ2n) is 8.83. The van der Waals surface area contributed by atoms with Gasteiger partial charge in [-0.3, -0.25) is 0 Å². The standard InChI is InChI=1S/C28H30N2O3/c1-20(2)28(18-17-21-13-15-22(29)16-14-21)19-25(31)26(27(32)33-28)30(23-9-5-3-6-10-23)24-11-7-4-8-12-24/h3-16,20,31H,17-19,29H2,1-2H3. The number of cyclic esters (lactones) is 1. The quantitative estimate of drug-likeness (QED) is 0.339. The molecule has 0 bridgehead atoms. The molecule has 3 aromatic carbocycles. The predicted molar refractivity (Wildman–Crippen MR) is 132 cm³/mol. The van der Waals surface area contributed by atoms with Gasteiger partial charge in [0.2, 0.25) is 0 Å². The van der Waals surface area contributed by atoms with E-state index in [1.54, 1.807) is 4.90 Å². The minimum absolute atomic E-state index is 0.0285. The van der Waals surface area contributed by atoms with Crippen molar-refractivity contribution in [1.29, 1.82) is 0 Å². The number of carbonyl (C=O) groups is 1. The fourth-order valence-electron chi connectivity index (χ4n) is 4.33. The van der Waals surface area contributed by atoms with Gasteiger partial charge in [0, 0.05) is 23.5 Å². The highest BCUT2D eigenvalue weighted by Crippen LogP contribution is 2.42. The van der Waals surface area contributed by atoms with E-state index in [0.29, 0.717) is 12.1 Å². The van der Waals surface area contributed by atoms with Crippen LogP contribution in [0, 0.1) is 5.92 Å². The molecule has 0 saturated carbocycles. The number of nitrogens with two attached hydrogens (primary N) is 1. The Labute approximate surface area is 195 Å². The molecule has 0 saturated heterocycles. The van der Waals surface area contributed by atoms with Crippen molar-refractivity contribution in [3.8, 4) is 0 Å². The van der Waals surface area contributed by atoms with Gasteiger partial charge in [-0.2, -0.15) is 0 Å². The molecule has 5 nitrogen and oxygen atoms in total. The Morgan fingerprint density at radius 1 is 0.939 bits per heavy atom. The van der Waals surface area contributed by atoms with Gasteiger partial charge in [0.1, 0.15) is 11.4 Å². The van der Waals surface area contributed by atoms with Crippen LogP contribution < -0.4 is 10.6 Å². The van der Waals surface area contributed by atoms with Crippen molar-refractivity contribution >= 4 is 23.0 Å². The van der Waals surface area contributed by atoms with Crippen molar-refractivity contribution in [1.82, 2.24) is 0 Å². The van der Waals surface area contributed by atoms with Crippen molar-refractivity contribution in [2.45, 2.75) is 38.7 Å². The first kappa shape index (κ1) is 22.5. The number of anilines is 3. The first-order valence-corrected chi connectivity index (χ1v) is 11.3. The number of esters is 1. The van der Waals surface area contributed by atoms with E-state index in [0.717, 1.165) is 23.4 Å². The summed E-state index contributed by atoms with van der Waals surface area (Å²) in [5.41, 5.74) is 8.57. The van der Waals surface area contributed by atoms with Crippen LogP contribution in [0.2, 0.25) is 0 Å². The maximum absolute atomic E-state index is 13.5. The molecule has 3 N–H and O–H groups in total. The number of nitrogen functional groups attached to an aromatic ring is 1. The molecule has 5 heteroatoms. The van der Waals surface area contributed by atoms with Crippen molar-refractivity contribution < 1.29 is 14.6 Å². The first-order valence-electron chi connectivity index (χ1n) is 11.3. The second kappa shape index (κ2) is 9.41. The van der Waals surface area contributed by atoms with Crippen LogP contribution in [-0.2, 0) is 16.0 Å². The van der Waals surface area contributed by atoms with Crippen molar-refractivity contribution in [2.24, 2.45) is 5.92 Å². The van der Waals surface area contributed by atoms with Gasteiger partial charge in [-0.05, 0) is 60.7 Å². The smallest absolute Gasteiger partial charge is 0.359 e. The second-order valence-corrected chi connectivity index (χ2v) is 8.83. The lowest BCUT2D eigenvalue weighted by Gasteiger charge is -2.42. The number of nitrogens with zero attached hydrogens (tertiary/aromatic N) is 1. The number of para-hydroxylation sites is 2. The zero-order valence-electron chi connectivity index (χ0n) is 19.1. The van der Waals surface area contributed by atoms with E-state index in [-0.39, 0.29) is 23.8 Å². The summed E-state index contributed by atoms with van der Waals surface area (Å²) in [7, 11) is 0. The molecule has 170 valence electrons. The maximum atomic E-state index is 13.5. The van der Waals surface area contributed by atoms with Crippen LogP contribution >= 0.6 is 0 Å². The predicted octanol–water partition coefficient (Wildman–Crippen LogP) is 6.15. The third-order valence-electron chi connectivity index (χ3n) is 6.35. The number of aliphatic hydroxyl groups excluding tert-OH is 1. The van der Waals surface area contributed by atoms with Crippen LogP contribution in [0.15, 0.2) is 96.4 Å². The number of hydrogen-bond acceptors (Lipinski definition) is 5. The third-order valence-corrected chi connectivity index (χ3v) is 6.35. The van der Waals surface area contributed by atoms with E-state index in [1.165, 1.54) is 0 Å². The molecular formula is C28H30N2O3. The van der Waals surface area contributed by atoms with Gasteiger partial charge in [0.25, 0.3) is 0 Å². The Balaban J connectivity index is 1.69. The zero-order valence-corrected chi connectivity index (χ0v) is 19.1. The molecule has 0 radical (unpaired) electrons. The van der Waals surface area contributed by atoms with E-state index < -0.39 is 11.6 Å². The number of benzene rings is 3. The third kappa shape index (κ3) is 4.72. The van der Waals surface area contributed by atoms with Gasteiger partial charge >= 0.3 is 5.97 Å².